The number of nitrogens with zero attached hydrogens (tertiary/aromatic N) is 1. The number of morpholine rings is 1. The highest BCUT2D eigenvalue weighted by Gasteiger charge is 2.55. The molecule has 0 radical (unpaired) electrons. The SMILES string of the molecule is O=C1NCC[C@@H]1C[C@@H](NC(=O)[C@@H]1N(C(=O)c2cc3c(F)cccc3[nH]2)CCOC12CCC2)C(=O)CF. The minimum atomic E-state index is -1.28. The van der Waals surface area contributed by atoms with Crippen LogP contribution in [0.3, 0.4) is 0 Å². The number of carbonyl (C=O) groups is 4. The number of hydrogen-bond donors (Lipinski definition) is 3. The molecule has 0 unspecified atom stereocenters. The first-order valence-electron chi connectivity index (χ1n) is 12.2. The summed E-state index contributed by atoms with van der Waals surface area (Å²) in [7, 11) is 0. The number of rotatable bonds is 7. The first-order valence-corrected chi connectivity index (χ1v) is 12.2. The molecule has 11 heteroatoms. The number of amides is 3. The maximum atomic E-state index is 14.2. The number of Topliss-reactive ketones (excluding diaryl/α,β-unsaturated/α-hetero) is 1. The first kappa shape index (κ1) is 24.4. The summed E-state index contributed by atoms with van der Waals surface area (Å²) in [6, 6.07) is 3.64. The van der Waals surface area contributed by atoms with E-state index in [0.717, 1.165) is 6.42 Å². The van der Waals surface area contributed by atoms with Crippen LogP contribution in [-0.2, 0) is 19.1 Å². The van der Waals surface area contributed by atoms with E-state index >= 15 is 0 Å². The fourth-order valence-corrected chi connectivity index (χ4v) is 5.54. The van der Waals surface area contributed by atoms with Crippen molar-refractivity contribution in [2.45, 2.75) is 49.8 Å². The number of H-pyrrole nitrogens is 1. The van der Waals surface area contributed by atoms with Crippen LogP contribution >= 0.6 is 0 Å². The van der Waals surface area contributed by atoms with Crippen LogP contribution in [0, 0.1) is 11.7 Å². The van der Waals surface area contributed by atoms with Gasteiger partial charge in [-0.15, -0.1) is 0 Å². The van der Waals surface area contributed by atoms with Crippen LogP contribution in [0.2, 0.25) is 0 Å². The number of fused-ring (bicyclic) bond motifs is 1. The lowest BCUT2D eigenvalue weighted by Gasteiger charge is -2.53. The second kappa shape index (κ2) is 9.61. The third-order valence-electron chi connectivity index (χ3n) is 7.60. The number of alkyl halides is 1. The summed E-state index contributed by atoms with van der Waals surface area (Å²) in [4.78, 5) is 55.9. The van der Waals surface area contributed by atoms with E-state index in [4.69, 9.17) is 4.74 Å². The van der Waals surface area contributed by atoms with Crippen LogP contribution in [-0.4, -0.2) is 77.4 Å². The van der Waals surface area contributed by atoms with Gasteiger partial charge < -0.3 is 25.3 Å². The quantitative estimate of drug-likeness (QED) is 0.532. The highest BCUT2D eigenvalue weighted by Crippen LogP contribution is 2.43. The molecule has 3 fully saturated rings. The number of ether oxygens (including phenoxy) is 1. The van der Waals surface area contributed by atoms with Gasteiger partial charge in [-0.25, -0.2) is 8.78 Å². The van der Waals surface area contributed by atoms with Crippen LogP contribution < -0.4 is 10.6 Å². The lowest BCUT2D eigenvalue weighted by Crippen LogP contribution is -2.69. The number of nitrogens with one attached hydrogen (secondary N) is 3. The largest absolute Gasteiger partial charge is 0.370 e. The number of carbonyl (C=O) groups excluding carboxylic acids is 4. The Balaban J connectivity index is 1.42. The van der Waals surface area contributed by atoms with E-state index in [-0.39, 0.29) is 36.6 Å². The zero-order valence-corrected chi connectivity index (χ0v) is 19.6. The van der Waals surface area contributed by atoms with E-state index in [1.807, 2.05) is 0 Å². The maximum Gasteiger partial charge on any atom is 0.271 e. The summed E-state index contributed by atoms with van der Waals surface area (Å²) in [5.74, 6) is -3.17. The second-order valence-corrected chi connectivity index (χ2v) is 9.73. The molecule has 3 atom stereocenters. The zero-order chi connectivity index (χ0) is 25.4. The van der Waals surface area contributed by atoms with Crippen molar-refractivity contribution in [2.24, 2.45) is 5.92 Å². The summed E-state index contributed by atoms with van der Waals surface area (Å²) >= 11 is 0. The molecule has 192 valence electrons. The molecular weight excluding hydrogens is 474 g/mol. The van der Waals surface area contributed by atoms with E-state index < -0.39 is 53.7 Å². The van der Waals surface area contributed by atoms with Gasteiger partial charge in [-0.3, -0.25) is 19.2 Å². The monoisotopic (exact) mass is 502 g/mol. The smallest absolute Gasteiger partial charge is 0.271 e. The van der Waals surface area contributed by atoms with Crippen LogP contribution in [0.15, 0.2) is 24.3 Å². The molecule has 2 saturated heterocycles. The van der Waals surface area contributed by atoms with Crippen molar-refractivity contribution in [1.29, 1.82) is 0 Å². The van der Waals surface area contributed by atoms with E-state index in [1.165, 1.54) is 23.1 Å². The van der Waals surface area contributed by atoms with Gasteiger partial charge in [0.1, 0.15) is 24.2 Å². The first-order chi connectivity index (χ1) is 17.3. The minimum Gasteiger partial charge on any atom is -0.370 e. The summed E-state index contributed by atoms with van der Waals surface area (Å²) in [5.41, 5.74) is -0.332. The molecule has 3 aliphatic rings. The molecule has 1 aromatic heterocycles. The highest BCUT2D eigenvalue weighted by atomic mass is 19.1. The molecule has 5 rings (SSSR count). The fraction of sp³-hybridized carbons (Fsp3) is 0.520. The third kappa shape index (κ3) is 4.25. The lowest BCUT2D eigenvalue weighted by molar-refractivity contribution is -0.184. The molecule has 0 bridgehead atoms. The Morgan fingerprint density at radius 2 is 2.08 bits per heavy atom. The van der Waals surface area contributed by atoms with E-state index in [1.54, 1.807) is 6.07 Å². The topological polar surface area (TPSA) is 121 Å². The van der Waals surface area contributed by atoms with Crippen molar-refractivity contribution in [3.8, 4) is 0 Å². The van der Waals surface area contributed by atoms with E-state index in [9.17, 15) is 28.0 Å². The van der Waals surface area contributed by atoms with Gasteiger partial charge >= 0.3 is 0 Å². The third-order valence-corrected chi connectivity index (χ3v) is 7.60. The van der Waals surface area contributed by atoms with Gasteiger partial charge in [0.15, 0.2) is 5.78 Å². The van der Waals surface area contributed by atoms with Gasteiger partial charge in [0.25, 0.3) is 5.91 Å². The fourth-order valence-electron chi connectivity index (χ4n) is 5.54. The Bertz CT molecular complexity index is 1210. The Morgan fingerprint density at radius 3 is 2.72 bits per heavy atom. The Hall–Kier alpha value is -3.34. The number of aromatic amines is 1. The van der Waals surface area contributed by atoms with Gasteiger partial charge in [0, 0.05) is 29.9 Å². The predicted molar refractivity (Wildman–Crippen MR) is 124 cm³/mol. The van der Waals surface area contributed by atoms with Gasteiger partial charge in [-0.2, -0.15) is 0 Å². The van der Waals surface area contributed by atoms with Crippen molar-refractivity contribution in [2.75, 3.05) is 26.4 Å². The molecule has 1 saturated carbocycles. The molecule has 9 nitrogen and oxygen atoms in total. The number of aromatic nitrogens is 1. The Kier molecular flexibility index (Phi) is 6.50. The molecule has 2 aromatic rings. The molecule has 1 aromatic carbocycles. The van der Waals surface area contributed by atoms with Crippen molar-refractivity contribution in [3.63, 3.8) is 0 Å². The van der Waals surface area contributed by atoms with Crippen LogP contribution in [0.1, 0.15) is 42.6 Å². The van der Waals surface area contributed by atoms with Gasteiger partial charge in [-0.1, -0.05) is 6.07 Å². The van der Waals surface area contributed by atoms with Gasteiger partial charge in [0.05, 0.1) is 18.2 Å². The highest BCUT2D eigenvalue weighted by molar-refractivity contribution is 6.01. The maximum absolute atomic E-state index is 14.2. The summed E-state index contributed by atoms with van der Waals surface area (Å²) in [6.07, 6.45) is 2.36. The average molecular weight is 503 g/mol. The lowest BCUT2D eigenvalue weighted by atomic mass is 9.72. The second-order valence-electron chi connectivity index (χ2n) is 9.73. The van der Waals surface area contributed by atoms with Gasteiger partial charge in [-0.05, 0) is 50.3 Å². The minimum absolute atomic E-state index is 0.0177. The molecular formula is C25H28F2N4O5. The number of benzene rings is 1. The Morgan fingerprint density at radius 1 is 1.28 bits per heavy atom. The molecule has 36 heavy (non-hydrogen) atoms. The van der Waals surface area contributed by atoms with E-state index in [0.29, 0.717) is 31.3 Å². The number of ketones is 1. The zero-order valence-electron chi connectivity index (χ0n) is 19.6. The molecule has 2 aliphatic heterocycles. The van der Waals surface area contributed by atoms with Crippen LogP contribution in [0.5, 0.6) is 0 Å². The molecule has 3 amide bonds. The predicted octanol–water partition coefficient (Wildman–Crippen LogP) is 1.62. The number of hydrogen-bond acceptors (Lipinski definition) is 5. The van der Waals surface area contributed by atoms with Crippen molar-refractivity contribution >= 4 is 34.4 Å². The van der Waals surface area contributed by atoms with Crippen LogP contribution in [0.25, 0.3) is 10.9 Å². The van der Waals surface area contributed by atoms with Crippen molar-refractivity contribution in [1.82, 2.24) is 20.5 Å². The Labute approximate surface area is 205 Å². The number of halogens is 2. The normalized spacial score (nSPS) is 23.8. The van der Waals surface area contributed by atoms with Crippen molar-refractivity contribution < 1.29 is 32.7 Å². The van der Waals surface area contributed by atoms with Gasteiger partial charge in [0.2, 0.25) is 11.8 Å². The van der Waals surface area contributed by atoms with Crippen LogP contribution in [0.4, 0.5) is 8.78 Å². The molecule has 3 heterocycles. The molecule has 3 N–H and O–H groups in total. The van der Waals surface area contributed by atoms with E-state index in [2.05, 4.69) is 15.6 Å². The van der Waals surface area contributed by atoms with Crippen molar-refractivity contribution in [3.05, 3.63) is 35.8 Å². The summed E-state index contributed by atoms with van der Waals surface area (Å²) in [6.45, 7) is -0.488. The summed E-state index contributed by atoms with van der Waals surface area (Å²) in [5, 5.41) is 5.56. The standard InChI is InChI=1S/C25H28F2N4O5/c26-13-20(32)18(11-14-5-8-28-22(14)33)30-23(34)21-25(6-2-7-25)36-10-9-31(21)24(35)19-12-15-16(27)3-1-4-17(15)29-19/h1,3-4,12,14,18,21,29H,2,5-11,13H2,(H,28,33)(H,30,34)/t14-,18-,21+/m1/s1. The average Bonchev–Trinajstić information content (AvgIpc) is 3.48. The summed E-state index contributed by atoms with van der Waals surface area (Å²) < 4.78 is 33.6. The molecule has 1 aliphatic carbocycles. The molecule has 1 spiro atoms.